The predicted octanol–water partition coefficient (Wildman–Crippen LogP) is 1.86. The molecule has 0 aliphatic carbocycles. The number of nitrogens with zero attached hydrogens (tertiary/aromatic N) is 3. The normalized spacial score (nSPS) is 11.0. The molecule has 0 atom stereocenters. The minimum Gasteiger partial charge on any atom is -0.346 e. The van der Waals surface area contributed by atoms with E-state index in [-0.39, 0.29) is 18.0 Å². The molecule has 0 aliphatic heterocycles. The van der Waals surface area contributed by atoms with Crippen molar-refractivity contribution >= 4 is 39.4 Å². The lowest BCUT2D eigenvalue weighted by molar-refractivity contribution is 0.0950. The zero-order chi connectivity index (χ0) is 16.5. The van der Waals surface area contributed by atoms with Crippen LogP contribution in [0, 0.1) is 0 Å². The van der Waals surface area contributed by atoms with Crippen LogP contribution in [0.5, 0.6) is 0 Å². The molecule has 4 rings (SSSR count). The van der Waals surface area contributed by atoms with Crippen molar-refractivity contribution in [2.24, 2.45) is 0 Å². The third-order valence-electron chi connectivity index (χ3n) is 3.71. The highest BCUT2D eigenvalue weighted by molar-refractivity contribution is 7.00. The summed E-state index contributed by atoms with van der Waals surface area (Å²) in [6.45, 7) is 0.212. The molecule has 7 nitrogen and oxygen atoms in total. The Bertz CT molecular complexity index is 1120. The van der Waals surface area contributed by atoms with E-state index < -0.39 is 0 Å². The maximum Gasteiger partial charge on any atom is 0.272 e. The molecular formula is C16H11N5O2S. The van der Waals surface area contributed by atoms with Crippen LogP contribution < -0.4 is 10.9 Å². The number of rotatable bonds is 3. The molecule has 24 heavy (non-hydrogen) atoms. The monoisotopic (exact) mass is 337 g/mol. The lowest BCUT2D eigenvalue weighted by atomic mass is 10.1. The molecule has 0 bridgehead atoms. The van der Waals surface area contributed by atoms with Gasteiger partial charge in [-0.2, -0.15) is 13.8 Å². The van der Waals surface area contributed by atoms with Crippen LogP contribution in [0.4, 0.5) is 0 Å². The SMILES string of the molecule is O=C(NCc1n[nH]c(=O)c2ccccc12)c1ccc2nsnc2c1. The van der Waals surface area contributed by atoms with E-state index in [1.54, 1.807) is 30.3 Å². The Hall–Kier alpha value is -3.13. The highest BCUT2D eigenvalue weighted by Gasteiger charge is 2.10. The number of hydrogen-bond acceptors (Lipinski definition) is 6. The number of aromatic amines is 1. The van der Waals surface area contributed by atoms with Gasteiger partial charge in [0.15, 0.2) is 0 Å². The second kappa shape index (κ2) is 5.82. The smallest absolute Gasteiger partial charge is 0.272 e. The van der Waals surface area contributed by atoms with Gasteiger partial charge in [-0.25, -0.2) is 5.10 Å². The minimum absolute atomic E-state index is 0.212. The molecule has 0 saturated carbocycles. The molecule has 118 valence electrons. The van der Waals surface area contributed by atoms with Crippen LogP contribution in [0.1, 0.15) is 16.1 Å². The first kappa shape index (κ1) is 14.5. The van der Waals surface area contributed by atoms with Gasteiger partial charge in [-0.1, -0.05) is 18.2 Å². The Kier molecular flexibility index (Phi) is 3.51. The average molecular weight is 337 g/mol. The van der Waals surface area contributed by atoms with Gasteiger partial charge in [-0.15, -0.1) is 0 Å². The average Bonchev–Trinajstić information content (AvgIpc) is 3.09. The van der Waals surface area contributed by atoms with Gasteiger partial charge < -0.3 is 5.32 Å². The number of aromatic nitrogens is 4. The Morgan fingerprint density at radius 1 is 1.08 bits per heavy atom. The van der Waals surface area contributed by atoms with Crippen molar-refractivity contribution in [3.63, 3.8) is 0 Å². The van der Waals surface area contributed by atoms with Crippen LogP contribution in [0.2, 0.25) is 0 Å². The van der Waals surface area contributed by atoms with Gasteiger partial charge in [0, 0.05) is 10.9 Å². The third-order valence-corrected chi connectivity index (χ3v) is 4.26. The maximum atomic E-state index is 12.3. The molecule has 0 aliphatic rings. The molecule has 2 aromatic carbocycles. The van der Waals surface area contributed by atoms with Crippen LogP contribution in [0.25, 0.3) is 21.8 Å². The van der Waals surface area contributed by atoms with E-state index in [9.17, 15) is 9.59 Å². The van der Waals surface area contributed by atoms with Gasteiger partial charge in [0.05, 0.1) is 29.4 Å². The van der Waals surface area contributed by atoms with E-state index in [1.165, 1.54) is 0 Å². The summed E-state index contributed by atoms with van der Waals surface area (Å²) in [4.78, 5) is 24.1. The third kappa shape index (κ3) is 2.52. The van der Waals surface area contributed by atoms with Gasteiger partial charge in [0.2, 0.25) is 0 Å². The van der Waals surface area contributed by atoms with E-state index in [2.05, 4.69) is 24.3 Å². The largest absolute Gasteiger partial charge is 0.346 e. The number of carbonyl (C=O) groups is 1. The zero-order valence-electron chi connectivity index (χ0n) is 12.3. The fourth-order valence-electron chi connectivity index (χ4n) is 2.50. The molecule has 8 heteroatoms. The lowest BCUT2D eigenvalue weighted by Gasteiger charge is -2.07. The Morgan fingerprint density at radius 3 is 2.75 bits per heavy atom. The van der Waals surface area contributed by atoms with Gasteiger partial charge in [0.25, 0.3) is 11.5 Å². The van der Waals surface area contributed by atoms with E-state index in [0.717, 1.165) is 22.6 Å². The first-order valence-electron chi connectivity index (χ1n) is 7.19. The van der Waals surface area contributed by atoms with E-state index in [1.807, 2.05) is 12.1 Å². The quantitative estimate of drug-likeness (QED) is 0.594. The van der Waals surface area contributed by atoms with Crippen molar-refractivity contribution in [3.05, 3.63) is 64.1 Å². The van der Waals surface area contributed by atoms with Crippen molar-refractivity contribution in [3.8, 4) is 0 Å². The van der Waals surface area contributed by atoms with Crippen LogP contribution >= 0.6 is 11.7 Å². The second-order valence-corrected chi connectivity index (χ2v) is 5.72. The highest BCUT2D eigenvalue weighted by atomic mass is 32.1. The summed E-state index contributed by atoms with van der Waals surface area (Å²) in [6.07, 6.45) is 0. The number of fused-ring (bicyclic) bond motifs is 2. The minimum atomic E-state index is -0.248. The molecule has 2 N–H and O–H groups in total. The number of carbonyl (C=O) groups excluding carboxylic acids is 1. The molecule has 0 fully saturated rings. The zero-order valence-corrected chi connectivity index (χ0v) is 13.1. The molecule has 2 aromatic heterocycles. The number of nitrogens with one attached hydrogen (secondary N) is 2. The summed E-state index contributed by atoms with van der Waals surface area (Å²) in [5.41, 5.74) is 2.33. The number of benzene rings is 2. The summed E-state index contributed by atoms with van der Waals surface area (Å²) in [6, 6.07) is 12.3. The molecular weight excluding hydrogens is 326 g/mol. The molecule has 1 amide bonds. The van der Waals surface area contributed by atoms with Crippen molar-refractivity contribution in [2.75, 3.05) is 0 Å². The molecule has 4 aromatic rings. The first-order valence-corrected chi connectivity index (χ1v) is 7.92. The van der Waals surface area contributed by atoms with E-state index in [4.69, 9.17) is 0 Å². The summed E-state index contributed by atoms with van der Waals surface area (Å²) in [7, 11) is 0. The molecule has 0 radical (unpaired) electrons. The van der Waals surface area contributed by atoms with Gasteiger partial charge in [-0.3, -0.25) is 9.59 Å². The topological polar surface area (TPSA) is 101 Å². The lowest BCUT2D eigenvalue weighted by Crippen LogP contribution is -2.24. The van der Waals surface area contributed by atoms with Crippen LogP contribution in [-0.4, -0.2) is 24.9 Å². The van der Waals surface area contributed by atoms with Crippen LogP contribution in [-0.2, 0) is 6.54 Å². The van der Waals surface area contributed by atoms with Crippen molar-refractivity contribution in [1.82, 2.24) is 24.3 Å². The van der Waals surface area contributed by atoms with Gasteiger partial charge in [-0.05, 0) is 24.3 Å². The van der Waals surface area contributed by atoms with E-state index >= 15 is 0 Å². The fourth-order valence-corrected chi connectivity index (χ4v) is 3.01. The number of amides is 1. The van der Waals surface area contributed by atoms with Crippen LogP contribution in [0.15, 0.2) is 47.3 Å². The second-order valence-electron chi connectivity index (χ2n) is 5.20. The Labute approximate surface area is 139 Å². The predicted molar refractivity (Wildman–Crippen MR) is 90.9 cm³/mol. The maximum absolute atomic E-state index is 12.3. The van der Waals surface area contributed by atoms with Gasteiger partial charge >= 0.3 is 0 Å². The molecule has 0 spiro atoms. The van der Waals surface area contributed by atoms with E-state index in [0.29, 0.717) is 22.2 Å². The van der Waals surface area contributed by atoms with Crippen molar-refractivity contribution < 1.29 is 4.79 Å². The molecule has 0 saturated heterocycles. The summed E-state index contributed by atoms with van der Waals surface area (Å²) in [5.74, 6) is -0.234. The Morgan fingerprint density at radius 2 is 1.88 bits per heavy atom. The fraction of sp³-hybridized carbons (Fsp3) is 0.0625. The van der Waals surface area contributed by atoms with Crippen molar-refractivity contribution in [1.29, 1.82) is 0 Å². The number of H-pyrrole nitrogens is 1. The summed E-state index contributed by atoms with van der Waals surface area (Å²) in [5, 5.41) is 10.6. The van der Waals surface area contributed by atoms with Crippen LogP contribution in [0.3, 0.4) is 0 Å². The summed E-state index contributed by atoms with van der Waals surface area (Å²) >= 11 is 1.11. The standard InChI is InChI=1S/C16H11N5O2S/c22-15(9-5-6-12-13(7-9)21-24-20-12)17-8-14-10-3-1-2-4-11(10)16(23)19-18-14/h1-7H,8H2,(H,17,22)(H,19,23). The van der Waals surface area contributed by atoms with Gasteiger partial charge in [0.1, 0.15) is 11.0 Å². The van der Waals surface area contributed by atoms with Crippen molar-refractivity contribution in [2.45, 2.75) is 6.54 Å². The first-order chi connectivity index (χ1) is 11.7. The molecule has 2 heterocycles. The molecule has 0 unspecified atom stereocenters. The summed E-state index contributed by atoms with van der Waals surface area (Å²) < 4.78 is 8.24. The highest BCUT2D eigenvalue weighted by Crippen LogP contribution is 2.15. The number of hydrogen-bond donors (Lipinski definition) is 2. The Balaban J connectivity index is 1.59.